The zero-order valence-electron chi connectivity index (χ0n) is 18.9. The topological polar surface area (TPSA) is 34.1 Å². The molecule has 0 spiro atoms. The van der Waals surface area contributed by atoms with E-state index in [2.05, 4.69) is 0 Å². The van der Waals surface area contributed by atoms with E-state index < -0.39 is 62.7 Å². The van der Waals surface area contributed by atoms with Gasteiger partial charge in [0.15, 0.2) is 9.84 Å². The molecule has 2 rings (SSSR count). The zero-order chi connectivity index (χ0) is 29.6. The van der Waals surface area contributed by atoms with E-state index >= 15 is 0 Å². The maximum absolute atomic E-state index is 14.0. The summed E-state index contributed by atoms with van der Waals surface area (Å²) in [5.74, 6) is -39.9. The molecule has 214 valence electrons. The minimum atomic E-state index is -8.03. The first-order chi connectivity index (χ1) is 17.0. The molecule has 0 fully saturated rings. The van der Waals surface area contributed by atoms with Crippen molar-refractivity contribution in [3.8, 4) is 11.1 Å². The van der Waals surface area contributed by atoms with Gasteiger partial charge < -0.3 is 0 Å². The number of hydrogen-bond donors (Lipinski definition) is 0. The van der Waals surface area contributed by atoms with E-state index in [0.29, 0.717) is 11.1 Å². The fraction of sp³-hybridized carbons (Fsp3) is 0.455. The van der Waals surface area contributed by atoms with Gasteiger partial charge >= 0.3 is 35.8 Å². The molecule has 0 bridgehead atoms. The van der Waals surface area contributed by atoms with Gasteiger partial charge in [-0.3, -0.25) is 0 Å². The summed E-state index contributed by atoms with van der Waals surface area (Å²) in [4.78, 5) is -0.772. The van der Waals surface area contributed by atoms with Crippen molar-refractivity contribution in [3.63, 3.8) is 0 Å². The molecule has 0 radical (unpaired) electrons. The SMILES string of the molecule is CCc1ccc(-c2ccc(S(=O)(=O)CCC(F)(F)C(F)(F)C(F)(F)C(F)(F)C(F)(F)C(F)(F)F)cc2)cc1. The van der Waals surface area contributed by atoms with Crippen LogP contribution in [-0.4, -0.2) is 50.0 Å². The minimum Gasteiger partial charge on any atom is -0.224 e. The lowest BCUT2D eigenvalue weighted by Gasteiger charge is -2.39. The van der Waals surface area contributed by atoms with Crippen LogP contribution in [0.15, 0.2) is 53.4 Å². The van der Waals surface area contributed by atoms with Gasteiger partial charge in [0.1, 0.15) is 0 Å². The van der Waals surface area contributed by atoms with Gasteiger partial charge in [0, 0.05) is 6.42 Å². The summed E-state index contributed by atoms with van der Waals surface area (Å²) in [7, 11) is -4.97. The second-order valence-electron chi connectivity index (χ2n) is 8.14. The van der Waals surface area contributed by atoms with Crippen molar-refractivity contribution in [1.29, 1.82) is 0 Å². The lowest BCUT2D eigenvalue weighted by molar-refractivity contribution is -0.439. The second-order valence-corrected chi connectivity index (χ2v) is 10.3. The number of benzene rings is 2. The third-order valence-electron chi connectivity index (χ3n) is 5.59. The molecular formula is C22H17F13O2S. The predicted molar refractivity (Wildman–Crippen MR) is 109 cm³/mol. The Balaban J connectivity index is 2.29. The Hall–Kier alpha value is -2.52. The minimum absolute atomic E-state index is 0.427. The summed E-state index contributed by atoms with van der Waals surface area (Å²) in [5.41, 5.74) is 1.99. The van der Waals surface area contributed by atoms with Crippen LogP contribution in [0.2, 0.25) is 0 Å². The molecule has 0 amide bonds. The average Bonchev–Trinajstić information content (AvgIpc) is 2.82. The Labute approximate surface area is 207 Å². The molecule has 2 aromatic rings. The molecule has 38 heavy (non-hydrogen) atoms. The van der Waals surface area contributed by atoms with Gasteiger partial charge in [-0.2, -0.15) is 57.1 Å². The van der Waals surface area contributed by atoms with Gasteiger partial charge in [-0.1, -0.05) is 43.3 Å². The molecule has 0 unspecified atom stereocenters. The first-order valence-electron chi connectivity index (χ1n) is 10.3. The first kappa shape index (κ1) is 31.7. The Morgan fingerprint density at radius 3 is 1.37 bits per heavy atom. The highest BCUT2D eigenvalue weighted by Crippen LogP contribution is 2.60. The molecule has 0 aliphatic carbocycles. The largest absolute Gasteiger partial charge is 0.460 e. The number of aryl methyl sites for hydroxylation is 1. The molecule has 0 N–H and O–H groups in total. The van der Waals surface area contributed by atoms with E-state index in [-0.39, 0.29) is 0 Å². The molecule has 16 heteroatoms. The van der Waals surface area contributed by atoms with Crippen molar-refractivity contribution in [3.05, 3.63) is 54.1 Å². The van der Waals surface area contributed by atoms with Crippen molar-refractivity contribution in [2.24, 2.45) is 0 Å². The summed E-state index contributed by atoms with van der Waals surface area (Å²) >= 11 is 0. The van der Waals surface area contributed by atoms with Gasteiger partial charge in [-0.15, -0.1) is 0 Å². The second kappa shape index (κ2) is 9.90. The number of halogens is 13. The van der Waals surface area contributed by atoms with E-state index in [9.17, 15) is 65.5 Å². The number of alkyl halides is 13. The smallest absolute Gasteiger partial charge is 0.224 e. The fourth-order valence-electron chi connectivity index (χ4n) is 3.13. The van der Waals surface area contributed by atoms with Crippen LogP contribution in [0.5, 0.6) is 0 Å². The van der Waals surface area contributed by atoms with E-state index in [1.807, 2.05) is 6.92 Å². The zero-order valence-corrected chi connectivity index (χ0v) is 19.7. The van der Waals surface area contributed by atoms with Gasteiger partial charge in [-0.05, 0) is 35.2 Å². The Kier molecular flexibility index (Phi) is 8.26. The van der Waals surface area contributed by atoms with Gasteiger partial charge in [-0.25, -0.2) is 8.42 Å². The quantitative estimate of drug-likeness (QED) is 0.264. The van der Waals surface area contributed by atoms with Crippen molar-refractivity contribution >= 4 is 9.84 Å². The summed E-state index contributed by atoms with van der Waals surface area (Å²) in [6.45, 7) is 1.89. The highest BCUT2D eigenvalue weighted by Gasteiger charge is 2.90. The summed E-state index contributed by atoms with van der Waals surface area (Å²) in [6.07, 6.45) is -9.61. The third kappa shape index (κ3) is 5.32. The lowest BCUT2D eigenvalue weighted by Crippen LogP contribution is -2.70. The first-order valence-corrected chi connectivity index (χ1v) is 12.0. The van der Waals surface area contributed by atoms with Crippen LogP contribution in [0.3, 0.4) is 0 Å². The van der Waals surface area contributed by atoms with Crippen molar-refractivity contribution in [1.82, 2.24) is 0 Å². The highest BCUT2D eigenvalue weighted by atomic mass is 32.2. The van der Waals surface area contributed by atoms with Crippen molar-refractivity contribution in [2.45, 2.75) is 60.4 Å². The summed E-state index contributed by atoms with van der Waals surface area (Å²) in [6, 6.07) is 10.9. The fourth-order valence-corrected chi connectivity index (χ4v) is 4.44. The maximum Gasteiger partial charge on any atom is 0.460 e. The van der Waals surface area contributed by atoms with Crippen LogP contribution in [0.1, 0.15) is 18.9 Å². The molecule has 0 atom stereocenters. The normalized spacial score (nSPS) is 14.6. The molecule has 0 saturated carbocycles. The molecule has 0 aliphatic heterocycles. The standard InChI is InChI=1S/C22H17F13O2S/c1-2-13-3-5-14(6-4-13)15-7-9-16(10-8-15)38(36,37)12-11-17(23,24)18(25,26)19(27,28)20(29,30)21(31,32)22(33,34)35/h3-10H,2,11-12H2,1H3. The van der Waals surface area contributed by atoms with Crippen LogP contribution in [0.4, 0.5) is 57.1 Å². The van der Waals surface area contributed by atoms with Crippen LogP contribution < -0.4 is 0 Å². The Bertz CT molecular complexity index is 1220. The number of rotatable bonds is 10. The molecule has 0 heterocycles. The molecule has 0 aliphatic rings. The van der Waals surface area contributed by atoms with E-state index in [0.717, 1.165) is 24.1 Å². The molecule has 0 aromatic heterocycles. The average molecular weight is 592 g/mol. The van der Waals surface area contributed by atoms with E-state index in [4.69, 9.17) is 0 Å². The third-order valence-corrected chi connectivity index (χ3v) is 7.32. The molecule has 2 nitrogen and oxygen atoms in total. The summed E-state index contributed by atoms with van der Waals surface area (Å²) < 4.78 is 196. The lowest BCUT2D eigenvalue weighted by atomic mass is 9.93. The number of hydrogen-bond acceptors (Lipinski definition) is 2. The maximum atomic E-state index is 14.0. The molecular weight excluding hydrogens is 575 g/mol. The highest BCUT2D eigenvalue weighted by molar-refractivity contribution is 7.91. The molecule has 2 aromatic carbocycles. The van der Waals surface area contributed by atoms with Crippen LogP contribution >= 0.6 is 0 Å². The van der Waals surface area contributed by atoms with Crippen LogP contribution in [-0.2, 0) is 16.3 Å². The van der Waals surface area contributed by atoms with Crippen molar-refractivity contribution in [2.75, 3.05) is 5.75 Å². The van der Waals surface area contributed by atoms with Gasteiger partial charge in [0.2, 0.25) is 0 Å². The van der Waals surface area contributed by atoms with Gasteiger partial charge in [0.05, 0.1) is 10.6 Å². The van der Waals surface area contributed by atoms with E-state index in [1.165, 1.54) is 12.1 Å². The summed E-state index contributed by atoms with van der Waals surface area (Å²) in [5, 5.41) is 0. The van der Waals surface area contributed by atoms with E-state index in [1.54, 1.807) is 24.3 Å². The van der Waals surface area contributed by atoms with Gasteiger partial charge in [0.25, 0.3) is 0 Å². The predicted octanol–water partition coefficient (Wildman–Crippen LogP) is 7.82. The van der Waals surface area contributed by atoms with Crippen LogP contribution in [0.25, 0.3) is 11.1 Å². The monoisotopic (exact) mass is 592 g/mol. The Morgan fingerprint density at radius 2 is 0.974 bits per heavy atom. The van der Waals surface area contributed by atoms with Crippen molar-refractivity contribution < 1.29 is 65.5 Å². The molecule has 0 saturated heterocycles. The van der Waals surface area contributed by atoms with Crippen LogP contribution in [0, 0.1) is 0 Å². The Morgan fingerprint density at radius 1 is 0.579 bits per heavy atom. The number of sulfone groups is 1.